The van der Waals surface area contributed by atoms with Crippen LogP contribution in [0.4, 0.5) is 0 Å². The van der Waals surface area contributed by atoms with Crippen molar-refractivity contribution in [2.24, 2.45) is 5.73 Å². The van der Waals surface area contributed by atoms with Crippen LogP contribution in [0.3, 0.4) is 0 Å². The van der Waals surface area contributed by atoms with E-state index in [1.807, 2.05) is 18.2 Å². The van der Waals surface area contributed by atoms with Gasteiger partial charge in [0.05, 0.1) is 5.56 Å². The van der Waals surface area contributed by atoms with Gasteiger partial charge in [0.1, 0.15) is 6.61 Å². The van der Waals surface area contributed by atoms with Gasteiger partial charge in [0.25, 0.3) is 0 Å². The Morgan fingerprint density at radius 3 is 2.58 bits per heavy atom. The Labute approximate surface area is 117 Å². The summed E-state index contributed by atoms with van der Waals surface area (Å²) in [5.74, 6) is -0.365. The summed E-state index contributed by atoms with van der Waals surface area (Å²) in [6.07, 6.45) is 0. The van der Waals surface area contributed by atoms with Crippen molar-refractivity contribution < 1.29 is 9.53 Å². The zero-order valence-electron chi connectivity index (χ0n) is 10.3. The Morgan fingerprint density at radius 2 is 1.84 bits per heavy atom. The van der Waals surface area contributed by atoms with Gasteiger partial charge in [-0.15, -0.1) is 0 Å². The van der Waals surface area contributed by atoms with Gasteiger partial charge < -0.3 is 10.5 Å². The second-order valence-corrected chi connectivity index (χ2v) is 4.55. The van der Waals surface area contributed by atoms with Crippen LogP contribution in [0.25, 0.3) is 0 Å². The van der Waals surface area contributed by atoms with Crippen molar-refractivity contribution in [2.45, 2.75) is 13.2 Å². The summed E-state index contributed by atoms with van der Waals surface area (Å²) in [6.45, 7) is 0.599. The van der Waals surface area contributed by atoms with Gasteiger partial charge in [-0.1, -0.05) is 35.9 Å². The molecule has 98 valence electrons. The third-order valence-electron chi connectivity index (χ3n) is 2.66. The van der Waals surface area contributed by atoms with Crippen LogP contribution in [0, 0.1) is 0 Å². The minimum atomic E-state index is -0.365. The molecule has 0 radical (unpaired) electrons. The van der Waals surface area contributed by atoms with Crippen LogP contribution in [-0.4, -0.2) is 5.97 Å². The van der Waals surface area contributed by atoms with Crippen molar-refractivity contribution in [1.82, 2.24) is 0 Å². The number of nitrogens with two attached hydrogens (primary N) is 1. The topological polar surface area (TPSA) is 52.3 Å². The zero-order chi connectivity index (χ0) is 13.7. The van der Waals surface area contributed by atoms with Gasteiger partial charge in [-0.3, -0.25) is 0 Å². The summed E-state index contributed by atoms with van der Waals surface area (Å²) in [6, 6.07) is 14.3. The van der Waals surface area contributed by atoms with E-state index in [1.54, 1.807) is 30.3 Å². The summed E-state index contributed by atoms with van der Waals surface area (Å²) in [4.78, 5) is 11.9. The van der Waals surface area contributed by atoms with E-state index in [2.05, 4.69) is 0 Å². The molecule has 0 aliphatic rings. The van der Waals surface area contributed by atoms with Crippen molar-refractivity contribution in [2.75, 3.05) is 0 Å². The molecule has 2 aromatic rings. The lowest BCUT2D eigenvalue weighted by Gasteiger charge is -2.06. The van der Waals surface area contributed by atoms with Crippen LogP contribution >= 0.6 is 11.6 Å². The highest BCUT2D eigenvalue weighted by atomic mass is 35.5. The second kappa shape index (κ2) is 6.36. The molecule has 0 fully saturated rings. The molecule has 0 amide bonds. The fraction of sp³-hybridized carbons (Fsp3) is 0.133. The number of rotatable bonds is 4. The molecular formula is C15H14ClNO2. The first-order valence-electron chi connectivity index (χ1n) is 5.89. The summed E-state index contributed by atoms with van der Waals surface area (Å²) in [7, 11) is 0. The maximum Gasteiger partial charge on any atom is 0.338 e. The Bertz CT molecular complexity index is 584. The highest BCUT2D eigenvalue weighted by molar-refractivity contribution is 6.30. The van der Waals surface area contributed by atoms with E-state index in [-0.39, 0.29) is 12.6 Å². The molecule has 0 saturated heterocycles. The average Bonchev–Trinajstić information content (AvgIpc) is 2.45. The Balaban J connectivity index is 2.01. The first kappa shape index (κ1) is 13.6. The lowest BCUT2D eigenvalue weighted by Crippen LogP contribution is -2.06. The monoisotopic (exact) mass is 275 g/mol. The van der Waals surface area contributed by atoms with Crippen molar-refractivity contribution in [3.8, 4) is 0 Å². The van der Waals surface area contributed by atoms with Crippen LogP contribution in [0.15, 0.2) is 48.5 Å². The molecule has 2 N–H and O–H groups in total. The van der Waals surface area contributed by atoms with Crippen LogP contribution in [0.1, 0.15) is 21.5 Å². The summed E-state index contributed by atoms with van der Waals surface area (Å²) >= 11 is 5.86. The van der Waals surface area contributed by atoms with Gasteiger partial charge in [0.15, 0.2) is 0 Å². The fourth-order valence-corrected chi connectivity index (χ4v) is 1.90. The molecule has 0 atom stereocenters. The number of carbonyl (C=O) groups is 1. The van der Waals surface area contributed by atoms with E-state index in [4.69, 9.17) is 22.1 Å². The molecule has 0 spiro atoms. The molecule has 3 nitrogen and oxygen atoms in total. The van der Waals surface area contributed by atoms with E-state index in [0.717, 1.165) is 11.1 Å². The third kappa shape index (κ3) is 3.81. The maximum absolute atomic E-state index is 11.9. The molecule has 0 saturated carbocycles. The van der Waals surface area contributed by atoms with E-state index >= 15 is 0 Å². The first-order chi connectivity index (χ1) is 9.19. The number of hydrogen-bond acceptors (Lipinski definition) is 3. The molecule has 0 aliphatic carbocycles. The molecule has 4 heteroatoms. The van der Waals surface area contributed by atoms with Gasteiger partial charge in [0, 0.05) is 11.6 Å². The lowest BCUT2D eigenvalue weighted by molar-refractivity contribution is 0.0472. The summed E-state index contributed by atoms with van der Waals surface area (Å²) < 4.78 is 5.23. The zero-order valence-corrected chi connectivity index (χ0v) is 11.1. The predicted octanol–water partition coefficient (Wildman–Crippen LogP) is 3.16. The van der Waals surface area contributed by atoms with Crippen molar-refractivity contribution >= 4 is 17.6 Å². The maximum atomic E-state index is 11.9. The highest BCUT2D eigenvalue weighted by Crippen LogP contribution is 2.13. The van der Waals surface area contributed by atoms with Crippen LogP contribution in [-0.2, 0) is 17.9 Å². The van der Waals surface area contributed by atoms with Crippen molar-refractivity contribution in [3.63, 3.8) is 0 Å². The van der Waals surface area contributed by atoms with Crippen LogP contribution in [0.2, 0.25) is 5.02 Å². The molecule has 0 aliphatic heterocycles. The van der Waals surface area contributed by atoms with Gasteiger partial charge in [0.2, 0.25) is 0 Å². The molecule has 0 heterocycles. The minimum Gasteiger partial charge on any atom is -0.457 e. The number of esters is 1. The quantitative estimate of drug-likeness (QED) is 0.872. The smallest absolute Gasteiger partial charge is 0.338 e. The summed E-state index contributed by atoms with van der Waals surface area (Å²) in [5.41, 5.74) is 7.80. The molecular weight excluding hydrogens is 262 g/mol. The molecule has 2 aromatic carbocycles. The number of benzene rings is 2. The number of hydrogen-bond donors (Lipinski definition) is 1. The molecule has 2 rings (SSSR count). The average molecular weight is 276 g/mol. The lowest BCUT2D eigenvalue weighted by atomic mass is 10.1. The van der Waals surface area contributed by atoms with Crippen LogP contribution < -0.4 is 5.73 Å². The SMILES string of the molecule is NCc1cccc(C(=O)OCc2cccc(Cl)c2)c1. The number of ether oxygens (including phenoxy) is 1. The third-order valence-corrected chi connectivity index (χ3v) is 2.89. The van der Waals surface area contributed by atoms with Crippen molar-refractivity contribution in [1.29, 1.82) is 0 Å². The van der Waals surface area contributed by atoms with Gasteiger partial charge in [-0.2, -0.15) is 0 Å². The predicted molar refractivity (Wildman–Crippen MR) is 74.9 cm³/mol. The molecule has 19 heavy (non-hydrogen) atoms. The standard InChI is InChI=1S/C15H14ClNO2/c16-14-6-2-4-12(8-14)10-19-15(18)13-5-1-3-11(7-13)9-17/h1-8H,9-10,17H2. The van der Waals surface area contributed by atoms with Gasteiger partial charge >= 0.3 is 5.97 Å². The normalized spacial score (nSPS) is 10.2. The van der Waals surface area contributed by atoms with Gasteiger partial charge in [-0.25, -0.2) is 4.79 Å². The molecule has 0 unspecified atom stereocenters. The van der Waals surface area contributed by atoms with E-state index in [1.165, 1.54) is 0 Å². The minimum absolute atomic E-state index is 0.201. The van der Waals surface area contributed by atoms with Crippen molar-refractivity contribution in [3.05, 3.63) is 70.2 Å². The van der Waals surface area contributed by atoms with Gasteiger partial charge in [-0.05, 0) is 35.4 Å². The summed E-state index contributed by atoms with van der Waals surface area (Å²) in [5, 5.41) is 0.624. The fourth-order valence-electron chi connectivity index (χ4n) is 1.68. The molecule has 0 aromatic heterocycles. The van der Waals surface area contributed by atoms with E-state index in [9.17, 15) is 4.79 Å². The Morgan fingerprint density at radius 1 is 1.11 bits per heavy atom. The Hall–Kier alpha value is -1.84. The largest absolute Gasteiger partial charge is 0.457 e. The molecule has 0 bridgehead atoms. The van der Waals surface area contributed by atoms with Crippen LogP contribution in [0.5, 0.6) is 0 Å². The first-order valence-corrected chi connectivity index (χ1v) is 6.27. The number of halogens is 1. The van der Waals surface area contributed by atoms with E-state index < -0.39 is 0 Å². The van der Waals surface area contributed by atoms with E-state index in [0.29, 0.717) is 17.1 Å². The Kier molecular flexibility index (Phi) is 4.55. The second-order valence-electron chi connectivity index (χ2n) is 4.11. The highest BCUT2D eigenvalue weighted by Gasteiger charge is 2.07. The number of carbonyl (C=O) groups excluding carboxylic acids is 1.